The minimum Gasteiger partial charge on any atom is -0.507 e. The molecule has 0 aromatic heterocycles. The highest BCUT2D eigenvalue weighted by Gasteiger charge is 2.20. The van der Waals surface area contributed by atoms with Gasteiger partial charge in [-0.15, -0.1) is 0 Å². The minimum atomic E-state index is 0.440. The molecule has 1 aromatic carbocycles. The van der Waals surface area contributed by atoms with Crippen LogP contribution in [0.1, 0.15) is 126 Å². The molecule has 29 heavy (non-hydrogen) atoms. The number of aliphatic imine (C=N–C) groups is 1. The van der Waals surface area contributed by atoms with E-state index in [2.05, 4.69) is 26.0 Å². The summed E-state index contributed by atoms with van der Waals surface area (Å²) in [6.07, 6.45) is 21.6. The topological polar surface area (TPSA) is 32.6 Å². The third-order valence-corrected chi connectivity index (χ3v) is 7.41. The van der Waals surface area contributed by atoms with E-state index < -0.39 is 0 Å². The zero-order valence-corrected chi connectivity index (χ0v) is 19.0. The van der Waals surface area contributed by atoms with Crippen molar-refractivity contribution in [3.8, 4) is 5.75 Å². The van der Waals surface area contributed by atoms with Crippen LogP contribution in [-0.2, 0) is 0 Å². The molecular weight excluding hydrogens is 354 g/mol. The normalized spacial score (nSPS) is 26.1. The van der Waals surface area contributed by atoms with Gasteiger partial charge in [-0.05, 0) is 68.4 Å². The van der Waals surface area contributed by atoms with Gasteiger partial charge < -0.3 is 5.11 Å². The molecular formula is C27H43NO. The second-order valence-electron chi connectivity index (χ2n) is 9.88. The molecule has 0 unspecified atom stereocenters. The number of nitrogens with zero attached hydrogens (tertiary/aromatic N) is 1. The molecule has 2 heteroatoms. The summed E-state index contributed by atoms with van der Waals surface area (Å²) in [5, 5.41) is 11.2. The Morgan fingerprint density at radius 1 is 0.793 bits per heavy atom. The Balaban J connectivity index is 1.72. The van der Waals surface area contributed by atoms with Gasteiger partial charge in [-0.2, -0.15) is 0 Å². The lowest BCUT2D eigenvalue weighted by atomic mass is 9.85. The van der Waals surface area contributed by atoms with Gasteiger partial charge in [-0.25, -0.2) is 0 Å². The Kier molecular flexibility index (Phi) is 9.08. The second kappa shape index (κ2) is 11.8. The van der Waals surface area contributed by atoms with Gasteiger partial charge >= 0.3 is 0 Å². The number of hydrogen-bond donors (Lipinski definition) is 1. The van der Waals surface area contributed by atoms with Gasteiger partial charge in [-0.1, -0.05) is 76.8 Å². The van der Waals surface area contributed by atoms with Crippen molar-refractivity contribution in [2.24, 2.45) is 10.9 Å². The van der Waals surface area contributed by atoms with E-state index in [0.29, 0.717) is 17.7 Å². The van der Waals surface area contributed by atoms with Gasteiger partial charge in [0.15, 0.2) is 0 Å². The van der Waals surface area contributed by atoms with Gasteiger partial charge in [0.1, 0.15) is 5.75 Å². The van der Waals surface area contributed by atoms with Gasteiger partial charge in [0.2, 0.25) is 0 Å². The van der Waals surface area contributed by atoms with Crippen LogP contribution in [0, 0.1) is 12.8 Å². The van der Waals surface area contributed by atoms with E-state index in [9.17, 15) is 5.11 Å². The monoisotopic (exact) mass is 397 g/mol. The lowest BCUT2D eigenvalue weighted by Crippen LogP contribution is -2.15. The average Bonchev–Trinajstić information content (AvgIpc) is 2.70. The predicted octanol–water partition coefficient (Wildman–Crippen LogP) is 8.09. The first-order valence-electron chi connectivity index (χ1n) is 12.5. The van der Waals surface area contributed by atoms with Crippen molar-refractivity contribution in [2.75, 3.05) is 0 Å². The molecule has 1 aromatic rings. The summed E-state index contributed by atoms with van der Waals surface area (Å²) in [6.45, 7) is 4.46. The summed E-state index contributed by atoms with van der Waals surface area (Å²) in [5.41, 5.74) is 3.28. The Hall–Kier alpha value is -1.31. The molecule has 2 fully saturated rings. The van der Waals surface area contributed by atoms with Gasteiger partial charge in [0.05, 0.1) is 0 Å². The zero-order valence-electron chi connectivity index (χ0n) is 19.0. The van der Waals surface area contributed by atoms with Crippen LogP contribution >= 0.6 is 0 Å². The first-order valence-corrected chi connectivity index (χ1v) is 12.5. The molecule has 0 bridgehead atoms. The van der Waals surface area contributed by atoms with Crippen LogP contribution in [-0.4, -0.2) is 17.4 Å². The standard InChI is InChI=1S/C27H43NO/c1-21-14-17-24(18-15-21)28-20-26-22(2)16-19-25(27(26)29)23-12-10-8-6-4-3-5-7-9-11-13-23/h16,19-21,23-24,29H,3-15,17-18H2,1-2H3. The fraction of sp³-hybridized carbons (Fsp3) is 0.741. The quantitative estimate of drug-likeness (QED) is 0.514. The van der Waals surface area contributed by atoms with Crippen molar-refractivity contribution in [1.29, 1.82) is 0 Å². The van der Waals surface area contributed by atoms with Crippen LogP contribution in [0.5, 0.6) is 5.75 Å². The summed E-state index contributed by atoms with van der Waals surface area (Å²) in [6, 6.07) is 4.84. The third-order valence-electron chi connectivity index (χ3n) is 7.41. The smallest absolute Gasteiger partial charge is 0.128 e. The maximum atomic E-state index is 11.2. The molecule has 3 rings (SSSR count). The molecule has 162 valence electrons. The molecule has 0 aliphatic heterocycles. The summed E-state index contributed by atoms with van der Waals surface area (Å²) in [4.78, 5) is 4.89. The minimum absolute atomic E-state index is 0.440. The molecule has 2 aliphatic carbocycles. The van der Waals surface area contributed by atoms with E-state index >= 15 is 0 Å². The molecule has 0 heterocycles. The Morgan fingerprint density at radius 2 is 1.34 bits per heavy atom. The van der Waals surface area contributed by atoms with Crippen LogP contribution in [0.3, 0.4) is 0 Å². The van der Waals surface area contributed by atoms with E-state index in [4.69, 9.17) is 4.99 Å². The van der Waals surface area contributed by atoms with Crippen molar-refractivity contribution in [3.05, 3.63) is 28.8 Å². The van der Waals surface area contributed by atoms with Gasteiger partial charge in [0.25, 0.3) is 0 Å². The molecule has 0 spiro atoms. The summed E-state index contributed by atoms with van der Waals surface area (Å²) in [5.74, 6) is 1.86. The van der Waals surface area contributed by atoms with Crippen LogP contribution < -0.4 is 0 Å². The zero-order chi connectivity index (χ0) is 20.5. The lowest BCUT2D eigenvalue weighted by molar-refractivity contribution is 0.350. The average molecular weight is 398 g/mol. The van der Waals surface area contributed by atoms with Crippen molar-refractivity contribution < 1.29 is 5.11 Å². The molecule has 1 N–H and O–H groups in total. The van der Waals surface area contributed by atoms with E-state index in [0.717, 1.165) is 17.0 Å². The molecule has 0 atom stereocenters. The largest absolute Gasteiger partial charge is 0.507 e. The highest BCUT2D eigenvalue weighted by Crippen LogP contribution is 2.37. The molecule has 2 nitrogen and oxygen atoms in total. The molecule has 0 amide bonds. The Bertz CT molecular complexity index is 630. The predicted molar refractivity (Wildman–Crippen MR) is 125 cm³/mol. The third kappa shape index (κ3) is 6.86. The fourth-order valence-corrected chi connectivity index (χ4v) is 5.26. The number of aryl methyl sites for hydroxylation is 1. The van der Waals surface area contributed by atoms with Gasteiger partial charge in [-0.3, -0.25) is 4.99 Å². The summed E-state index contributed by atoms with van der Waals surface area (Å²) >= 11 is 0. The first-order chi connectivity index (χ1) is 14.1. The molecule has 2 aliphatic rings. The summed E-state index contributed by atoms with van der Waals surface area (Å²) < 4.78 is 0. The summed E-state index contributed by atoms with van der Waals surface area (Å²) in [7, 11) is 0. The second-order valence-corrected chi connectivity index (χ2v) is 9.88. The molecule has 2 saturated carbocycles. The van der Waals surface area contributed by atoms with Crippen LogP contribution in [0.15, 0.2) is 17.1 Å². The number of phenolic OH excluding ortho intramolecular Hbond substituents is 1. The van der Waals surface area contributed by atoms with Crippen LogP contribution in [0.25, 0.3) is 0 Å². The van der Waals surface area contributed by atoms with Crippen molar-refractivity contribution >= 4 is 6.21 Å². The van der Waals surface area contributed by atoms with E-state index in [1.807, 2.05) is 6.21 Å². The van der Waals surface area contributed by atoms with Crippen LogP contribution in [0.2, 0.25) is 0 Å². The fourth-order valence-electron chi connectivity index (χ4n) is 5.26. The first kappa shape index (κ1) is 22.4. The lowest BCUT2D eigenvalue weighted by Gasteiger charge is -2.23. The molecule has 0 saturated heterocycles. The van der Waals surface area contributed by atoms with E-state index in [-0.39, 0.29) is 0 Å². The number of rotatable bonds is 3. The van der Waals surface area contributed by atoms with E-state index in [1.54, 1.807) is 0 Å². The maximum absolute atomic E-state index is 11.2. The van der Waals surface area contributed by atoms with E-state index in [1.165, 1.54) is 102 Å². The molecule has 0 radical (unpaired) electrons. The Labute approximate surface area is 179 Å². The maximum Gasteiger partial charge on any atom is 0.128 e. The van der Waals surface area contributed by atoms with Gasteiger partial charge in [0, 0.05) is 17.8 Å². The number of hydrogen-bond acceptors (Lipinski definition) is 2. The van der Waals surface area contributed by atoms with Crippen LogP contribution in [0.4, 0.5) is 0 Å². The van der Waals surface area contributed by atoms with Crippen molar-refractivity contribution in [3.63, 3.8) is 0 Å². The highest BCUT2D eigenvalue weighted by atomic mass is 16.3. The highest BCUT2D eigenvalue weighted by molar-refractivity contribution is 5.86. The Morgan fingerprint density at radius 3 is 1.93 bits per heavy atom. The number of phenols is 1. The van der Waals surface area contributed by atoms with Crippen molar-refractivity contribution in [2.45, 2.75) is 122 Å². The SMILES string of the molecule is Cc1ccc(C2CCCCCCCCCCC2)c(O)c1C=NC1CCC(C)CC1. The van der Waals surface area contributed by atoms with Crippen molar-refractivity contribution in [1.82, 2.24) is 0 Å². The number of benzene rings is 1. The number of aromatic hydroxyl groups is 1.